The molecule has 0 aromatic carbocycles. The minimum atomic E-state index is 0.0239. The third-order valence-electron chi connectivity index (χ3n) is 2.57. The molecule has 0 aliphatic rings. The molecule has 0 amide bonds. The Bertz CT molecular complexity index is 374. The van der Waals surface area contributed by atoms with Gasteiger partial charge >= 0.3 is 6.01 Å². The van der Waals surface area contributed by atoms with Crippen LogP contribution in [0.1, 0.15) is 27.2 Å². The van der Waals surface area contributed by atoms with E-state index in [9.17, 15) is 0 Å². The maximum Gasteiger partial charge on any atom is 0.323 e. The summed E-state index contributed by atoms with van der Waals surface area (Å²) < 4.78 is 5.31. The van der Waals surface area contributed by atoms with Crippen molar-refractivity contribution in [1.29, 1.82) is 0 Å². The Kier molecular flexibility index (Phi) is 5.57. The summed E-state index contributed by atoms with van der Waals surface area (Å²) in [4.78, 5) is 12.0. The van der Waals surface area contributed by atoms with Gasteiger partial charge in [0.05, 0.1) is 6.61 Å². The Labute approximate surface area is 107 Å². The topological polar surface area (TPSA) is 106 Å². The fourth-order valence-electron chi connectivity index (χ4n) is 1.20. The average molecular weight is 255 g/mol. The molecule has 102 valence electrons. The van der Waals surface area contributed by atoms with Crippen molar-refractivity contribution in [3.8, 4) is 6.01 Å². The Morgan fingerprint density at radius 2 is 2.06 bits per heavy atom. The number of hydrogen-bond donors (Lipinski definition) is 3. The van der Waals surface area contributed by atoms with Crippen LogP contribution in [0.4, 0.5) is 11.9 Å². The zero-order chi connectivity index (χ0) is 13.5. The quantitative estimate of drug-likeness (QED) is 0.657. The number of anilines is 2. The molecule has 7 heteroatoms. The summed E-state index contributed by atoms with van der Waals surface area (Å²) in [5.74, 6) is 0.562. The van der Waals surface area contributed by atoms with Gasteiger partial charge in [0.15, 0.2) is 0 Å². The van der Waals surface area contributed by atoms with E-state index in [0.717, 1.165) is 6.42 Å². The number of hydrogen-bond acceptors (Lipinski definition) is 7. The first kappa shape index (κ1) is 14.4. The second kappa shape index (κ2) is 6.95. The summed E-state index contributed by atoms with van der Waals surface area (Å²) >= 11 is 0. The molecule has 0 aliphatic heterocycles. The zero-order valence-corrected chi connectivity index (χ0v) is 11.1. The van der Waals surface area contributed by atoms with E-state index in [1.54, 1.807) is 0 Å². The Morgan fingerprint density at radius 3 is 2.67 bits per heavy atom. The summed E-state index contributed by atoms with van der Waals surface area (Å²) in [7, 11) is 0. The standard InChI is InChI=1S/C11H21N5O2/c1-4-5-18-11-15-9(12)14-10(16-11)13-8(3)7(2)6-17/h7-8,17H,4-6H2,1-3H3,(H3,12,13,14,15,16). The number of nitrogens with zero attached hydrogens (tertiary/aromatic N) is 3. The van der Waals surface area contributed by atoms with Gasteiger partial charge in [-0.1, -0.05) is 13.8 Å². The number of rotatable bonds is 7. The third kappa shape index (κ3) is 4.33. The molecule has 0 bridgehead atoms. The summed E-state index contributed by atoms with van der Waals surface area (Å²) in [6.07, 6.45) is 0.867. The molecule has 1 rings (SSSR count). The molecule has 1 aromatic heterocycles. The van der Waals surface area contributed by atoms with Crippen LogP contribution >= 0.6 is 0 Å². The molecule has 0 saturated carbocycles. The summed E-state index contributed by atoms with van der Waals surface area (Å²) in [6, 6.07) is 0.242. The van der Waals surface area contributed by atoms with Crippen molar-refractivity contribution in [1.82, 2.24) is 15.0 Å². The van der Waals surface area contributed by atoms with Crippen molar-refractivity contribution in [3.63, 3.8) is 0 Å². The van der Waals surface area contributed by atoms with Crippen LogP contribution in [0, 0.1) is 5.92 Å². The fourth-order valence-corrected chi connectivity index (χ4v) is 1.20. The maximum absolute atomic E-state index is 9.07. The number of nitrogens with one attached hydrogen (secondary N) is 1. The van der Waals surface area contributed by atoms with Crippen LogP contribution < -0.4 is 15.8 Å². The SMILES string of the molecule is CCCOc1nc(N)nc(NC(C)C(C)CO)n1. The van der Waals surface area contributed by atoms with E-state index in [0.29, 0.717) is 12.6 Å². The van der Waals surface area contributed by atoms with E-state index in [2.05, 4.69) is 20.3 Å². The first-order valence-electron chi connectivity index (χ1n) is 6.08. The molecule has 0 fully saturated rings. The molecule has 2 unspecified atom stereocenters. The fraction of sp³-hybridized carbons (Fsp3) is 0.727. The molecule has 2 atom stereocenters. The molecule has 7 nitrogen and oxygen atoms in total. The lowest BCUT2D eigenvalue weighted by atomic mass is 10.1. The molecule has 1 heterocycles. The molecule has 4 N–H and O–H groups in total. The lowest BCUT2D eigenvalue weighted by molar-refractivity contribution is 0.226. The van der Waals surface area contributed by atoms with Gasteiger partial charge in [-0.15, -0.1) is 0 Å². The minimum absolute atomic E-state index is 0.0239. The van der Waals surface area contributed by atoms with Crippen LogP contribution in [0.5, 0.6) is 6.01 Å². The van der Waals surface area contributed by atoms with Gasteiger partial charge in [0, 0.05) is 12.6 Å². The van der Waals surface area contributed by atoms with E-state index in [4.69, 9.17) is 15.6 Å². The van der Waals surface area contributed by atoms with Crippen molar-refractivity contribution >= 4 is 11.9 Å². The van der Waals surface area contributed by atoms with Crippen molar-refractivity contribution in [2.24, 2.45) is 5.92 Å². The van der Waals surface area contributed by atoms with Crippen molar-refractivity contribution < 1.29 is 9.84 Å². The van der Waals surface area contributed by atoms with Gasteiger partial charge in [-0.3, -0.25) is 0 Å². The Balaban J connectivity index is 2.73. The highest BCUT2D eigenvalue weighted by Crippen LogP contribution is 2.12. The smallest absolute Gasteiger partial charge is 0.323 e. The molecule has 0 aliphatic carbocycles. The van der Waals surface area contributed by atoms with Crippen molar-refractivity contribution in [2.45, 2.75) is 33.2 Å². The predicted octanol–water partition coefficient (Wildman–Crippen LogP) is 0.671. The van der Waals surface area contributed by atoms with E-state index in [1.807, 2.05) is 20.8 Å². The highest BCUT2D eigenvalue weighted by Gasteiger charge is 2.13. The van der Waals surface area contributed by atoms with Crippen LogP contribution in [0.2, 0.25) is 0 Å². The van der Waals surface area contributed by atoms with Crippen molar-refractivity contribution in [2.75, 3.05) is 24.3 Å². The molecule has 0 spiro atoms. The Morgan fingerprint density at radius 1 is 1.33 bits per heavy atom. The lowest BCUT2D eigenvalue weighted by Gasteiger charge is -2.19. The van der Waals surface area contributed by atoms with Gasteiger partial charge in [0.2, 0.25) is 11.9 Å². The normalized spacial score (nSPS) is 14.0. The number of nitrogen functional groups attached to an aromatic ring is 1. The predicted molar refractivity (Wildman–Crippen MR) is 69.4 cm³/mol. The third-order valence-corrected chi connectivity index (χ3v) is 2.57. The number of aromatic nitrogens is 3. The molecule has 18 heavy (non-hydrogen) atoms. The van der Waals surface area contributed by atoms with Gasteiger partial charge < -0.3 is 20.9 Å². The number of nitrogens with two attached hydrogens (primary N) is 1. The number of aliphatic hydroxyl groups is 1. The van der Waals surface area contributed by atoms with Crippen LogP contribution in [0.25, 0.3) is 0 Å². The molecular formula is C11H21N5O2. The monoisotopic (exact) mass is 255 g/mol. The average Bonchev–Trinajstić information content (AvgIpc) is 2.34. The Hall–Kier alpha value is -1.63. The van der Waals surface area contributed by atoms with Gasteiger partial charge in [-0.2, -0.15) is 15.0 Å². The van der Waals surface area contributed by atoms with Crippen LogP contribution in [-0.4, -0.2) is 39.3 Å². The van der Waals surface area contributed by atoms with Crippen LogP contribution in [0.3, 0.4) is 0 Å². The van der Waals surface area contributed by atoms with E-state index >= 15 is 0 Å². The minimum Gasteiger partial charge on any atom is -0.463 e. The molecular weight excluding hydrogens is 234 g/mol. The lowest BCUT2D eigenvalue weighted by Crippen LogP contribution is -2.27. The summed E-state index contributed by atoms with van der Waals surface area (Å²) in [5, 5.41) is 12.1. The highest BCUT2D eigenvalue weighted by atomic mass is 16.5. The van der Waals surface area contributed by atoms with E-state index in [1.165, 1.54) is 0 Å². The second-order valence-electron chi connectivity index (χ2n) is 4.24. The molecule has 1 aromatic rings. The molecule has 0 radical (unpaired) electrons. The second-order valence-corrected chi connectivity index (χ2v) is 4.24. The van der Waals surface area contributed by atoms with E-state index in [-0.39, 0.29) is 30.5 Å². The summed E-state index contributed by atoms with van der Waals surface area (Å²) in [6.45, 7) is 6.48. The van der Waals surface area contributed by atoms with Crippen LogP contribution in [0.15, 0.2) is 0 Å². The molecule has 0 saturated heterocycles. The first-order chi connectivity index (χ1) is 8.56. The first-order valence-corrected chi connectivity index (χ1v) is 6.08. The number of aliphatic hydroxyl groups excluding tert-OH is 1. The van der Waals surface area contributed by atoms with Gasteiger partial charge in [0.1, 0.15) is 0 Å². The number of ether oxygens (including phenoxy) is 1. The van der Waals surface area contributed by atoms with Gasteiger partial charge in [-0.25, -0.2) is 0 Å². The van der Waals surface area contributed by atoms with E-state index < -0.39 is 0 Å². The maximum atomic E-state index is 9.07. The summed E-state index contributed by atoms with van der Waals surface area (Å²) in [5.41, 5.74) is 5.58. The largest absolute Gasteiger partial charge is 0.463 e. The van der Waals surface area contributed by atoms with Gasteiger partial charge in [-0.05, 0) is 19.3 Å². The van der Waals surface area contributed by atoms with Crippen molar-refractivity contribution in [3.05, 3.63) is 0 Å². The zero-order valence-electron chi connectivity index (χ0n) is 11.1. The van der Waals surface area contributed by atoms with Gasteiger partial charge in [0.25, 0.3) is 0 Å². The van der Waals surface area contributed by atoms with Crippen LogP contribution in [-0.2, 0) is 0 Å². The highest BCUT2D eigenvalue weighted by molar-refractivity contribution is 5.33.